The molecule has 1 atom stereocenters. The molecule has 1 unspecified atom stereocenters. The smallest absolute Gasteiger partial charge is 0.314 e. The van der Waals surface area contributed by atoms with Gasteiger partial charge in [-0.05, 0) is 6.42 Å². The Kier molecular flexibility index (Phi) is 3.17. The van der Waals surface area contributed by atoms with Gasteiger partial charge in [-0.25, -0.2) is 0 Å². The maximum atomic E-state index is 12.0. The van der Waals surface area contributed by atoms with Crippen molar-refractivity contribution in [3.63, 3.8) is 0 Å². The number of carbonyl (C=O) groups excluding carboxylic acids is 1. The summed E-state index contributed by atoms with van der Waals surface area (Å²) >= 11 is 0. The largest absolute Gasteiger partial charge is 0.501 e. The van der Waals surface area contributed by atoms with Crippen LogP contribution in [0.5, 0.6) is 0 Å². The van der Waals surface area contributed by atoms with Crippen LogP contribution >= 0.6 is 0 Å². The average Bonchev–Trinajstić information content (AvgIpc) is 2.48. The van der Waals surface area contributed by atoms with Gasteiger partial charge in [0.25, 0.3) is 0 Å². The van der Waals surface area contributed by atoms with Gasteiger partial charge < -0.3 is 14.6 Å². The maximum absolute atomic E-state index is 12.0. The molecule has 1 heterocycles. The van der Waals surface area contributed by atoms with Crippen molar-refractivity contribution < 1.29 is 24.2 Å². The van der Waals surface area contributed by atoms with Crippen LogP contribution in [0.1, 0.15) is 19.3 Å². The van der Waals surface area contributed by atoms with Crippen LogP contribution in [-0.2, 0) is 19.1 Å². The van der Waals surface area contributed by atoms with Crippen LogP contribution in [0.15, 0.2) is 23.2 Å². The quantitative estimate of drug-likeness (QED) is 0.733. The summed E-state index contributed by atoms with van der Waals surface area (Å²) < 4.78 is 10.5. The van der Waals surface area contributed by atoms with Gasteiger partial charge >= 0.3 is 5.97 Å². The number of carboxylic acid groups (broad SMARTS) is 1. The standard InChI is InChI=1S/C12H14O5/c1-16-7-2-3-8-10(6-7)17-5-4-9(11(8)13)12(14)15/h6,9H,2-5H2,1H3,(H,14,15). The summed E-state index contributed by atoms with van der Waals surface area (Å²) in [4.78, 5) is 23.0. The highest BCUT2D eigenvalue weighted by molar-refractivity contribution is 6.08. The maximum Gasteiger partial charge on any atom is 0.314 e. The van der Waals surface area contributed by atoms with E-state index in [4.69, 9.17) is 14.6 Å². The van der Waals surface area contributed by atoms with Gasteiger partial charge in [-0.1, -0.05) is 0 Å². The van der Waals surface area contributed by atoms with Gasteiger partial charge in [0, 0.05) is 24.5 Å². The Morgan fingerprint density at radius 1 is 1.53 bits per heavy atom. The Labute approximate surface area is 98.7 Å². The van der Waals surface area contributed by atoms with E-state index in [0.717, 1.165) is 5.76 Å². The molecule has 0 radical (unpaired) electrons. The predicted molar refractivity (Wildman–Crippen MR) is 58.1 cm³/mol. The van der Waals surface area contributed by atoms with Crippen LogP contribution in [0, 0.1) is 5.92 Å². The van der Waals surface area contributed by atoms with E-state index in [1.54, 1.807) is 13.2 Å². The van der Waals surface area contributed by atoms with E-state index in [2.05, 4.69) is 0 Å². The third kappa shape index (κ3) is 2.18. The molecule has 0 spiro atoms. The van der Waals surface area contributed by atoms with Gasteiger partial charge in [0.05, 0.1) is 19.5 Å². The first-order valence-corrected chi connectivity index (χ1v) is 5.51. The lowest BCUT2D eigenvalue weighted by atomic mass is 9.90. The first kappa shape index (κ1) is 11.7. The van der Waals surface area contributed by atoms with E-state index in [1.807, 2.05) is 0 Å². The topological polar surface area (TPSA) is 72.8 Å². The molecule has 0 aromatic rings. The number of carboxylic acids is 1. The van der Waals surface area contributed by atoms with E-state index in [1.165, 1.54) is 0 Å². The third-order valence-corrected chi connectivity index (χ3v) is 3.05. The van der Waals surface area contributed by atoms with Crippen LogP contribution in [0.3, 0.4) is 0 Å². The zero-order chi connectivity index (χ0) is 12.4. The Morgan fingerprint density at radius 2 is 2.29 bits per heavy atom. The zero-order valence-corrected chi connectivity index (χ0v) is 9.56. The first-order valence-electron chi connectivity index (χ1n) is 5.51. The number of aliphatic carboxylic acids is 1. The normalized spacial score (nSPS) is 24.4. The molecule has 0 bridgehead atoms. The number of ether oxygens (including phenoxy) is 2. The molecule has 17 heavy (non-hydrogen) atoms. The van der Waals surface area contributed by atoms with Crippen LogP contribution in [0.25, 0.3) is 0 Å². The Morgan fingerprint density at radius 3 is 2.94 bits per heavy atom. The minimum atomic E-state index is -1.08. The van der Waals surface area contributed by atoms with Gasteiger partial charge in [0.1, 0.15) is 11.7 Å². The van der Waals surface area contributed by atoms with E-state index < -0.39 is 11.9 Å². The highest BCUT2D eigenvalue weighted by Gasteiger charge is 2.34. The molecule has 0 fully saturated rings. The molecule has 0 amide bonds. The summed E-state index contributed by atoms with van der Waals surface area (Å²) in [5, 5.41) is 8.98. The molecule has 92 valence electrons. The van der Waals surface area contributed by atoms with Gasteiger partial charge in [-0.15, -0.1) is 0 Å². The molecule has 0 saturated heterocycles. The van der Waals surface area contributed by atoms with E-state index >= 15 is 0 Å². The van der Waals surface area contributed by atoms with Crippen molar-refractivity contribution in [2.45, 2.75) is 19.3 Å². The zero-order valence-electron chi connectivity index (χ0n) is 9.56. The fourth-order valence-corrected chi connectivity index (χ4v) is 2.08. The number of Topliss-reactive ketones (excluding diaryl/α,β-unsaturated/α-hetero) is 1. The van der Waals surface area contributed by atoms with Crippen molar-refractivity contribution in [2.75, 3.05) is 13.7 Å². The molecule has 2 rings (SSSR count). The Hall–Kier alpha value is -1.78. The number of ketones is 1. The Bertz CT molecular complexity index is 419. The predicted octanol–water partition coefficient (Wildman–Crippen LogP) is 1.25. The van der Waals surface area contributed by atoms with Crippen LogP contribution in [0.4, 0.5) is 0 Å². The molecule has 1 aliphatic heterocycles. The lowest BCUT2D eigenvalue weighted by Crippen LogP contribution is -2.25. The minimum absolute atomic E-state index is 0.220. The highest BCUT2D eigenvalue weighted by atomic mass is 16.5. The van der Waals surface area contributed by atoms with Crippen molar-refractivity contribution >= 4 is 11.8 Å². The second-order valence-corrected chi connectivity index (χ2v) is 4.05. The highest BCUT2D eigenvalue weighted by Crippen LogP contribution is 2.31. The van der Waals surface area contributed by atoms with Gasteiger partial charge in [-0.2, -0.15) is 0 Å². The molecule has 2 aliphatic rings. The lowest BCUT2D eigenvalue weighted by Gasteiger charge is -2.17. The second-order valence-electron chi connectivity index (χ2n) is 4.05. The van der Waals surface area contributed by atoms with E-state index in [-0.39, 0.29) is 18.8 Å². The summed E-state index contributed by atoms with van der Waals surface area (Å²) in [6.45, 7) is 0.245. The van der Waals surface area contributed by atoms with Gasteiger partial charge in [-0.3, -0.25) is 9.59 Å². The number of methoxy groups -OCH3 is 1. The molecule has 5 nitrogen and oxygen atoms in total. The van der Waals surface area contributed by atoms with Crippen LogP contribution in [0.2, 0.25) is 0 Å². The fraction of sp³-hybridized carbons (Fsp3) is 0.500. The van der Waals surface area contributed by atoms with Gasteiger partial charge in [0.2, 0.25) is 0 Å². The third-order valence-electron chi connectivity index (χ3n) is 3.05. The number of hydrogen-bond donors (Lipinski definition) is 1. The molecular formula is C12H14O5. The summed E-state index contributed by atoms with van der Waals surface area (Å²) in [7, 11) is 1.57. The molecule has 0 saturated carbocycles. The van der Waals surface area contributed by atoms with Gasteiger partial charge in [0.15, 0.2) is 5.78 Å². The van der Waals surface area contributed by atoms with Crippen LogP contribution < -0.4 is 0 Å². The number of hydrogen-bond acceptors (Lipinski definition) is 4. The summed E-state index contributed by atoms with van der Waals surface area (Å²) in [6, 6.07) is 0. The summed E-state index contributed by atoms with van der Waals surface area (Å²) in [6.07, 6.45) is 2.99. The molecule has 1 aliphatic carbocycles. The van der Waals surface area contributed by atoms with Crippen molar-refractivity contribution in [1.29, 1.82) is 0 Å². The first-order chi connectivity index (χ1) is 8.13. The summed E-state index contributed by atoms with van der Waals surface area (Å²) in [5.74, 6) is -1.14. The van der Waals surface area contributed by atoms with E-state index in [0.29, 0.717) is 24.2 Å². The molecule has 5 heteroatoms. The number of allylic oxidation sites excluding steroid dienone is 3. The molecule has 0 aromatic heterocycles. The Balaban J connectivity index is 2.33. The lowest BCUT2D eigenvalue weighted by molar-refractivity contribution is -0.145. The minimum Gasteiger partial charge on any atom is -0.501 e. The van der Waals surface area contributed by atoms with Crippen molar-refractivity contribution in [3.8, 4) is 0 Å². The van der Waals surface area contributed by atoms with Crippen LogP contribution in [-0.4, -0.2) is 30.6 Å². The SMILES string of the molecule is COC1=CC2=C(CC1)C(=O)C(C(=O)O)CCO2. The van der Waals surface area contributed by atoms with Crippen molar-refractivity contribution in [2.24, 2.45) is 5.92 Å². The summed E-state index contributed by atoms with van der Waals surface area (Å²) in [5.41, 5.74) is 0.482. The number of carbonyl (C=O) groups is 2. The van der Waals surface area contributed by atoms with E-state index in [9.17, 15) is 9.59 Å². The fourth-order valence-electron chi connectivity index (χ4n) is 2.08. The van der Waals surface area contributed by atoms with Crippen molar-refractivity contribution in [3.05, 3.63) is 23.2 Å². The van der Waals surface area contributed by atoms with Crippen molar-refractivity contribution in [1.82, 2.24) is 0 Å². The number of rotatable bonds is 2. The monoisotopic (exact) mass is 238 g/mol. The second kappa shape index (κ2) is 4.61. The molecular weight excluding hydrogens is 224 g/mol. The molecule has 1 N–H and O–H groups in total. The molecule has 0 aromatic carbocycles. The average molecular weight is 238 g/mol.